The van der Waals surface area contributed by atoms with Crippen molar-refractivity contribution >= 4 is 21.6 Å². The molecular weight excluding hydrogens is 340 g/mol. The Labute approximate surface area is 148 Å². The number of hydrogen-bond acceptors (Lipinski definition) is 4. The van der Waals surface area contributed by atoms with Crippen LogP contribution in [-0.2, 0) is 27.8 Å². The standard InChI is InChI=1S/C17H24N4O3S/c1-5-21-13(3)17(12(2)20-21)10-11-18-25(23,24)16-8-6-15(7-9-16)19-14(4)22/h6-9,18H,5,10-11H2,1-4H3,(H,19,22). The highest BCUT2D eigenvalue weighted by Crippen LogP contribution is 2.16. The van der Waals surface area contributed by atoms with Gasteiger partial charge in [-0.1, -0.05) is 0 Å². The highest BCUT2D eigenvalue weighted by atomic mass is 32.2. The van der Waals surface area contributed by atoms with Crippen molar-refractivity contribution in [2.75, 3.05) is 11.9 Å². The number of nitrogens with one attached hydrogen (secondary N) is 2. The van der Waals surface area contributed by atoms with Gasteiger partial charge in [-0.05, 0) is 57.0 Å². The maximum Gasteiger partial charge on any atom is 0.240 e. The number of aromatic nitrogens is 2. The Hall–Kier alpha value is -2.19. The zero-order valence-electron chi connectivity index (χ0n) is 15.0. The summed E-state index contributed by atoms with van der Waals surface area (Å²) in [6, 6.07) is 6.07. The first-order valence-corrected chi connectivity index (χ1v) is 9.63. The van der Waals surface area contributed by atoms with Crippen LogP contribution in [0, 0.1) is 13.8 Å². The molecule has 0 aliphatic heterocycles. The van der Waals surface area contributed by atoms with Crippen LogP contribution in [0.1, 0.15) is 30.8 Å². The third-order valence-electron chi connectivity index (χ3n) is 3.98. The maximum atomic E-state index is 12.4. The number of sulfonamides is 1. The Morgan fingerprint density at radius 1 is 1.20 bits per heavy atom. The van der Waals surface area contributed by atoms with Crippen LogP contribution in [-0.4, -0.2) is 30.7 Å². The minimum absolute atomic E-state index is 0.166. The molecule has 0 aliphatic rings. The molecule has 8 heteroatoms. The van der Waals surface area contributed by atoms with Gasteiger partial charge in [0.05, 0.1) is 10.6 Å². The molecule has 2 N–H and O–H groups in total. The van der Waals surface area contributed by atoms with Crippen LogP contribution < -0.4 is 10.0 Å². The number of rotatable bonds is 7. The van der Waals surface area contributed by atoms with Crippen LogP contribution in [0.25, 0.3) is 0 Å². The lowest BCUT2D eigenvalue weighted by atomic mass is 10.1. The molecule has 2 rings (SSSR count). The van der Waals surface area contributed by atoms with E-state index in [1.165, 1.54) is 19.1 Å². The molecule has 0 saturated carbocycles. The molecule has 1 aromatic carbocycles. The number of amides is 1. The SMILES string of the molecule is CCn1nc(C)c(CCNS(=O)(=O)c2ccc(NC(C)=O)cc2)c1C. The van der Waals surface area contributed by atoms with Crippen molar-refractivity contribution in [2.45, 2.75) is 45.6 Å². The summed E-state index contributed by atoms with van der Waals surface area (Å²) in [5.74, 6) is -0.202. The first-order valence-electron chi connectivity index (χ1n) is 8.14. The maximum absolute atomic E-state index is 12.4. The third kappa shape index (κ3) is 4.67. The van der Waals surface area contributed by atoms with Crippen molar-refractivity contribution in [2.24, 2.45) is 0 Å². The van der Waals surface area contributed by atoms with E-state index in [-0.39, 0.29) is 10.8 Å². The molecule has 25 heavy (non-hydrogen) atoms. The molecule has 7 nitrogen and oxygen atoms in total. The summed E-state index contributed by atoms with van der Waals surface area (Å²) in [4.78, 5) is 11.2. The monoisotopic (exact) mass is 364 g/mol. The van der Waals surface area contributed by atoms with Gasteiger partial charge in [-0.15, -0.1) is 0 Å². The lowest BCUT2D eigenvalue weighted by Crippen LogP contribution is -2.26. The third-order valence-corrected chi connectivity index (χ3v) is 5.46. The van der Waals surface area contributed by atoms with Gasteiger partial charge in [0.25, 0.3) is 0 Å². The van der Waals surface area contributed by atoms with Crippen LogP contribution in [0.15, 0.2) is 29.2 Å². The number of benzene rings is 1. The van der Waals surface area contributed by atoms with Crippen LogP contribution >= 0.6 is 0 Å². The molecule has 1 aromatic heterocycles. The van der Waals surface area contributed by atoms with Gasteiger partial charge in [0.2, 0.25) is 15.9 Å². The average molecular weight is 364 g/mol. The molecule has 1 heterocycles. The largest absolute Gasteiger partial charge is 0.326 e. The summed E-state index contributed by atoms with van der Waals surface area (Å²) in [6.07, 6.45) is 0.584. The Kier molecular flexibility index (Phi) is 5.97. The zero-order valence-corrected chi connectivity index (χ0v) is 15.8. The smallest absolute Gasteiger partial charge is 0.240 e. The number of carbonyl (C=O) groups is 1. The summed E-state index contributed by atoms with van der Waals surface area (Å²) >= 11 is 0. The van der Waals surface area contributed by atoms with Gasteiger partial charge in [-0.2, -0.15) is 5.10 Å². The molecule has 0 unspecified atom stereocenters. The summed E-state index contributed by atoms with van der Waals surface area (Å²) < 4.78 is 29.3. The first kappa shape index (κ1) is 19.1. The highest BCUT2D eigenvalue weighted by molar-refractivity contribution is 7.89. The molecule has 0 saturated heterocycles. The molecule has 1 amide bonds. The van der Waals surface area contributed by atoms with Gasteiger partial charge in [0.15, 0.2) is 0 Å². The predicted octanol–water partition coefficient (Wildman–Crippen LogP) is 2.00. The second-order valence-electron chi connectivity index (χ2n) is 5.82. The molecule has 0 radical (unpaired) electrons. The van der Waals surface area contributed by atoms with Gasteiger partial charge in [0, 0.05) is 31.4 Å². The van der Waals surface area contributed by atoms with E-state index in [0.29, 0.717) is 18.7 Å². The number of aryl methyl sites for hydroxylation is 2. The van der Waals surface area contributed by atoms with Gasteiger partial charge >= 0.3 is 0 Å². The van der Waals surface area contributed by atoms with E-state index >= 15 is 0 Å². The fraction of sp³-hybridized carbons (Fsp3) is 0.412. The molecular formula is C17H24N4O3S. The minimum Gasteiger partial charge on any atom is -0.326 e. The van der Waals surface area contributed by atoms with E-state index in [4.69, 9.17) is 0 Å². The Bertz CT molecular complexity index is 855. The topological polar surface area (TPSA) is 93.1 Å². The number of nitrogens with zero attached hydrogens (tertiary/aromatic N) is 2. The van der Waals surface area contributed by atoms with Crippen molar-refractivity contribution in [1.82, 2.24) is 14.5 Å². The molecule has 0 bridgehead atoms. The fourth-order valence-electron chi connectivity index (χ4n) is 2.72. The quantitative estimate of drug-likeness (QED) is 0.786. The van der Waals surface area contributed by atoms with E-state index in [1.54, 1.807) is 12.1 Å². The highest BCUT2D eigenvalue weighted by Gasteiger charge is 2.15. The van der Waals surface area contributed by atoms with Gasteiger partial charge in [-0.3, -0.25) is 9.48 Å². The van der Waals surface area contributed by atoms with E-state index in [9.17, 15) is 13.2 Å². The normalized spacial score (nSPS) is 11.5. The number of carbonyl (C=O) groups excluding carboxylic acids is 1. The van der Waals surface area contributed by atoms with Crippen LogP contribution in [0.2, 0.25) is 0 Å². The fourth-order valence-corrected chi connectivity index (χ4v) is 3.75. The minimum atomic E-state index is -3.59. The molecule has 0 fully saturated rings. The summed E-state index contributed by atoms with van der Waals surface area (Å²) in [7, 11) is -3.59. The van der Waals surface area contributed by atoms with E-state index in [0.717, 1.165) is 23.5 Å². The lowest BCUT2D eigenvalue weighted by Gasteiger charge is -2.08. The van der Waals surface area contributed by atoms with Crippen molar-refractivity contribution in [3.8, 4) is 0 Å². The van der Waals surface area contributed by atoms with E-state index in [2.05, 4.69) is 15.1 Å². The van der Waals surface area contributed by atoms with Crippen molar-refractivity contribution in [1.29, 1.82) is 0 Å². The zero-order chi connectivity index (χ0) is 18.6. The molecule has 0 aliphatic carbocycles. The van der Waals surface area contributed by atoms with Crippen LogP contribution in [0.5, 0.6) is 0 Å². The van der Waals surface area contributed by atoms with Crippen molar-refractivity contribution < 1.29 is 13.2 Å². The number of anilines is 1. The molecule has 136 valence electrons. The van der Waals surface area contributed by atoms with Gasteiger partial charge in [0.1, 0.15) is 0 Å². The second-order valence-corrected chi connectivity index (χ2v) is 7.59. The number of hydrogen-bond donors (Lipinski definition) is 2. The molecule has 0 atom stereocenters. The Balaban J connectivity index is 2.02. The Morgan fingerprint density at radius 2 is 1.84 bits per heavy atom. The summed E-state index contributed by atoms with van der Waals surface area (Å²) in [6.45, 7) is 8.44. The lowest BCUT2D eigenvalue weighted by molar-refractivity contribution is -0.114. The Morgan fingerprint density at radius 3 is 2.36 bits per heavy atom. The van der Waals surface area contributed by atoms with Crippen LogP contribution in [0.3, 0.4) is 0 Å². The predicted molar refractivity (Wildman–Crippen MR) is 97.0 cm³/mol. The summed E-state index contributed by atoms with van der Waals surface area (Å²) in [5, 5.41) is 7.05. The van der Waals surface area contributed by atoms with Crippen LogP contribution in [0.4, 0.5) is 5.69 Å². The average Bonchev–Trinajstić information content (AvgIpc) is 2.82. The summed E-state index contributed by atoms with van der Waals surface area (Å²) in [5.41, 5.74) is 3.63. The molecule has 2 aromatic rings. The van der Waals surface area contributed by atoms with Gasteiger partial charge in [-0.25, -0.2) is 13.1 Å². The second kappa shape index (κ2) is 7.79. The van der Waals surface area contributed by atoms with E-state index < -0.39 is 10.0 Å². The van der Waals surface area contributed by atoms with Crippen molar-refractivity contribution in [3.63, 3.8) is 0 Å². The van der Waals surface area contributed by atoms with Crippen molar-refractivity contribution in [3.05, 3.63) is 41.2 Å². The first-order chi connectivity index (χ1) is 11.7. The van der Waals surface area contributed by atoms with Gasteiger partial charge < -0.3 is 5.32 Å². The molecule has 0 spiro atoms. The van der Waals surface area contributed by atoms with E-state index in [1.807, 2.05) is 25.5 Å².